The second-order valence-electron chi connectivity index (χ2n) is 5.54. The Balaban J connectivity index is 2.30. The monoisotopic (exact) mass is 356 g/mol. The Bertz CT molecular complexity index is 933. The number of hydrogen-bond acceptors (Lipinski definition) is 5. The zero-order valence-corrected chi connectivity index (χ0v) is 15.5. The molecule has 1 heterocycles. The number of para-hydroxylation sites is 1. The lowest BCUT2D eigenvalue weighted by molar-refractivity contribution is 0.229. The number of hydrogen-bond donors (Lipinski definition) is 0. The van der Waals surface area contributed by atoms with Crippen molar-refractivity contribution in [2.75, 3.05) is 13.2 Å². The molecule has 0 aliphatic heterocycles. The van der Waals surface area contributed by atoms with Gasteiger partial charge in [-0.3, -0.25) is 4.57 Å². The fourth-order valence-electron chi connectivity index (χ4n) is 2.71. The molecule has 130 valence electrons. The maximum Gasteiger partial charge on any atom is 0.380 e. The normalized spacial score (nSPS) is 11.8. The molecule has 3 aromatic rings. The summed E-state index contributed by atoms with van der Waals surface area (Å²) in [5.41, 5.74) is 2.98. The van der Waals surface area contributed by atoms with Gasteiger partial charge >= 0.3 is 7.60 Å². The minimum absolute atomic E-state index is 0.273. The number of aryl methyl sites for hydroxylation is 1. The predicted molar refractivity (Wildman–Crippen MR) is 100 cm³/mol. The van der Waals surface area contributed by atoms with E-state index in [1.165, 1.54) is 0 Å². The van der Waals surface area contributed by atoms with Crippen molar-refractivity contribution in [1.82, 2.24) is 9.97 Å². The third kappa shape index (κ3) is 3.49. The van der Waals surface area contributed by atoms with E-state index >= 15 is 0 Å². The van der Waals surface area contributed by atoms with Crippen molar-refractivity contribution >= 4 is 23.9 Å². The van der Waals surface area contributed by atoms with Gasteiger partial charge in [0.25, 0.3) is 0 Å². The molecule has 0 radical (unpaired) electrons. The molecule has 0 saturated carbocycles. The van der Waals surface area contributed by atoms with Gasteiger partial charge in [0.05, 0.1) is 18.7 Å². The van der Waals surface area contributed by atoms with Gasteiger partial charge in [0.2, 0.25) is 0 Å². The second-order valence-corrected chi connectivity index (χ2v) is 7.47. The average Bonchev–Trinajstić information content (AvgIpc) is 2.61. The third-order valence-electron chi connectivity index (χ3n) is 3.83. The van der Waals surface area contributed by atoms with Gasteiger partial charge in [-0.25, -0.2) is 9.97 Å². The first kappa shape index (κ1) is 17.7. The molecule has 0 saturated heterocycles. The van der Waals surface area contributed by atoms with Crippen molar-refractivity contribution < 1.29 is 13.6 Å². The van der Waals surface area contributed by atoms with Crippen LogP contribution in [0.3, 0.4) is 0 Å². The Morgan fingerprint density at radius 3 is 2.24 bits per heavy atom. The van der Waals surface area contributed by atoms with Crippen LogP contribution in [0.5, 0.6) is 0 Å². The molecule has 0 N–H and O–H groups in total. The summed E-state index contributed by atoms with van der Waals surface area (Å²) in [5.74, 6) is 0.520. The molecule has 0 atom stereocenters. The molecule has 5 nitrogen and oxygen atoms in total. The fraction of sp³-hybridized carbons (Fsp3) is 0.263. The molecule has 0 bridgehead atoms. The average molecular weight is 356 g/mol. The number of nitrogens with zero attached hydrogens (tertiary/aromatic N) is 2. The van der Waals surface area contributed by atoms with Gasteiger partial charge in [-0.15, -0.1) is 0 Å². The van der Waals surface area contributed by atoms with Crippen molar-refractivity contribution in [3.8, 4) is 11.4 Å². The topological polar surface area (TPSA) is 61.3 Å². The molecule has 1 aromatic heterocycles. The fourth-order valence-corrected chi connectivity index (χ4v) is 4.41. The molecule has 2 aromatic carbocycles. The first-order valence-electron chi connectivity index (χ1n) is 8.31. The molecule has 0 fully saturated rings. The Morgan fingerprint density at radius 2 is 1.56 bits per heavy atom. The second kappa shape index (κ2) is 7.44. The minimum atomic E-state index is -3.53. The van der Waals surface area contributed by atoms with Crippen molar-refractivity contribution in [2.24, 2.45) is 0 Å². The minimum Gasteiger partial charge on any atom is -0.304 e. The van der Waals surface area contributed by atoms with E-state index in [-0.39, 0.29) is 13.2 Å². The number of fused-ring (bicyclic) bond motifs is 1. The first-order chi connectivity index (χ1) is 12.1. The number of aromatic nitrogens is 2. The van der Waals surface area contributed by atoms with Crippen LogP contribution < -0.4 is 5.44 Å². The number of benzene rings is 2. The van der Waals surface area contributed by atoms with E-state index in [0.29, 0.717) is 22.2 Å². The van der Waals surface area contributed by atoms with Gasteiger partial charge in [0.15, 0.2) is 11.3 Å². The van der Waals surface area contributed by atoms with Gasteiger partial charge in [0, 0.05) is 10.9 Å². The van der Waals surface area contributed by atoms with Crippen molar-refractivity contribution in [3.63, 3.8) is 0 Å². The van der Waals surface area contributed by atoms with Crippen LogP contribution in [0.15, 0.2) is 48.5 Å². The van der Waals surface area contributed by atoms with E-state index in [1.807, 2.05) is 55.5 Å². The molecule has 0 amide bonds. The zero-order valence-electron chi connectivity index (χ0n) is 14.6. The SMILES string of the molecule is CCOP(=O)(OCC)c1nc(-c2ccccc2C)nc2ccccc12. The lowest BCUT2D eigenvalue weighted by atomic mass is 10.1. The van der Waals surface area contributed by atoms with E-state index in [1.54, 1.807) is 13.8 Å². The van der Waals surface area contributed by atoms with Gasteiger partial charge in [-0.2, -0.15) is 0 Å². The highest BCUT2D eigenvalue weighted by molar-refractivity contribution is 7.62. The molecule has 0 aliphatic rings. The van der Waals surface area contributed by atoms with E-state index in [2.05, 4.69) is 9.97 Å². The molecule has 25 heavy (non-hydrogen) atoms. The van der Waals surface area contributed by atoms with Crippen LogP contribution in [0.2, 0.25) is 0 Å². The highest BCUT2D eigenvalue weighted by Gasteiger charge is 2.32. The summed E-state index contributed by atoms with van der Waals surface area (Å²) >= 11 is 0. The summed E-state index contributed by atoms with van der Waals surface area (Å²) in [5, 5.41) is 0.685. The van der Waals surface area contributed by atoms with Crippen LogP contribution in [0.25, 0.3) is 22.3 Å². The highest BCUT2D eigenvalue weighted by atomic mass is 31.2. The summed E-state index contributed by atoms with van der Waals surface area (Å²) in [7, 11) is -3.53. The molecule has 0 spiro atoms. The first-order valence-corrected chi connectivity index (χ1v) is 9.85. The maximum absolute atomic E-state index is 13.4. The van der Waals surface area contributed by atoms with Crippen molar-refractivity contribution in [3.05, 3.63) is 54.1 Å². The van der Waals surface area contributed by atoms with Gasteiger partial charge in [-0.05, 0) is 32.4 Å². The number of rotatable bonds is 6. The lowest BCUT2D eigenvalue weighted by Gasteiger charge is -2.18. The third-order valence-corrected chi connectivity index (χ3v) is 5.88. The van der Waals surface area contributed by atoms with E-state index < -0.39 is 7.60 Å². The quantitative estimate of drug-likeness (QED) is 0.609. The van der Waals surface area contributed by atoms with Crippen LogP contribution in [0.1, 0.15) is 19.4 Å². The summed E-state index contributed by atoms with van der Waals surface area (Å²) in [6.07, 6.45) is 0. The Morgan fingerprint density at radius 1 is 0.920 bits per heavy atom. The standard InChI is InChI=1S/C19H21N2O3P/c1-4-23-25(22,24-5-2)19-16-12-8-9-13-17(16)20-18(21-19)15-11-7-6-10-14(15)3/h6-13H,4-5H2,1-3H3. The summed E-state index contributed by atoms with van der Waals surface area (Å²) in [6, 6.07) is 15.3. The van der Waals surface area contributed by atoms with Crippen LogP contribution in [0.4, 0.5) is 0 Å². The molecular weight excluding hydrogens is 335 g/mol. The molecule has 0 unspecified atom stereocenters. The largest absolute Gasteiger partial charge is 0.380 e. The molecule has 6 heteroatoms. The maximum atomic E-state index is 13.4. The smallest absolute Gasteiger partial charge is 0.304 e. The van der Waals surface area contributed by atoms with E-state index in [4.69, 9.17) is 9.05 Å². The summed E-state index contributed by atoms with van der Waals surface area (Å²) < 4.78 is 24.4. The molecule has 3 rings (SSSR count). The Hall–Kier alpha value is -2.07. The van der Waals surface area contributed by atoms with Crippen LogP contribution in [-0.2, 0) is 13.6 Å². The lowest BCUT2D eigenvalue weighted by Crippen LogP contribution is -2.17. The predicted octanol–water partition coefficient (Wildman–Crippen LogP) is 4.50. The summed E-state index contributed by atoms with van der Waals surface area (Å²) in [6.45, 7) is 6.12. The molecular formula is C19H21N2O3P. The van der Waals surface area contributed by atoms with E-state index in [9.17, 15) is 4.57 Å². The highest BCUT2D eigenvalue weighted by Crippen LogP contribution is 2.48. The van der Waals surface area contributed by atoms with Crippen molar-refractivity contribution in [1.29, 1.82) is 0 Å². The zero-order chi connectivity index (χ0) is 17.9. The van der Waals surface area contributed by atoms with Crippen molar-refractivity contribution in [2.45, 2.75) is 20.8 Å². The molecule has 0 aliphatic carbocycles. The van der Waals surface area contributed by atoms with Gasteiger partial charge < -0.3 is 9.05 Å². The Labute approximate surface area is 147 Å². The van der Waals surface area contributed by atoms with Gasteiger partial charge in [0.1, 0.15) is 0 Å². The Kier molecular flexibility index (Phi) is 5.28. The van der Waals surface area contributed by atoms with E-state index in [0.717, 1.165) is 11.1 Å². The van der Waals surface area contributed by atoms with Gasteiger partial charge in [-0.1, -0.05) is 42.5 Å². The van der Waals surface area contributed by atoms with Crippen LogP contribution in [0, 0.1) is 6.92 Å². The van der Waals surface area contributed by atoms with Crippen LogP contribution in [-0.4, -0.2) is 23.2 Å². The summed E-state index contributed by atoms with van der Waals surface area (Å²) in [4.78, 5) is 9.27. The van der Waals surface area contributed by atoms with Crippen LogP contribution >= 0.6 is 7.60 Å².